The zero-order chi connectivity index (χ0) is 12.9. The second kappa shape index (κ2) is 5.93. The normalized spacial score (nSPS) is 17.5. The minimum Gasteiger partial charge on any atom is -0.296 e. The first kappa shape index (κ1) is 12.3. The van der Waals surface area contributed by atoms with Crippen LogP contribution in [0.15, 0.2) is 48.9 Å². The molecule has 1 saturated heterocycles. The van der Waals surface area contributed by atoms with Crippen LogP contribution in [0.2, 0.25) is 0 Å². The third-order valence-electron chi connectivity index (χ3n) is 3.78. The Bertz CT molecular complexity index is 492. The fourth-order valence-electron chi connectivity index (χ4n) is 2.82. The van der Waals surface area contributed by atoms with E-state index in [2.05, 4.69) is 45.2 Å². The zero-order valence-electron chi connectivity index (χ0n) is 11.1. The van der Waals surface area contributed by atoms with Crippen molar-refractivity contribution in [3.8, 4) is 0 Å². The highest BCUT2D eigenvalue weighted by atomic mass is 15.2. The van der Waals surface area contributed by atoms with Gasteiger partial charge >= 0.3 is 0 Å². The molecule has 0 bridgehead atoms. The Kier molecular flexibility index (Phi) is 3.84. The molecule has 0 N–H and O–H groups in total. The van der Waals surface area contributed by atoms with Gasteiger partial charge in [0.1, 0.15) is 0 Å². The van der Waals surface area contributed by atoms with Crippen LogP contribution in [0.1, 0.15) is 30.1 Å². The molecule has 1 unspecified atom stereocenters. The monoisotopic (exact) mass is 253 g/mol. The van der Waals surface area contributed by atoms with Gasteiger partial charge in [0.15, 0.2) is 0 Å². The van der Waals surface area contributed by atoms with Gasteiger partial charge in [0.2, 0.25) is 0 Å². The number of nitrogens with zero attached hydrogens (tertiary/aromatic N) is 3. The quantitative estimate of drug-likeness (QED) is 0.839. The second-order valence-electron chi connectivity index (χ2n) is 5.07. The van der Waals surface area contributed by atoms with Gasteiger partial charge < -0.3 is 0 Å². The van der Waals surface area contributed by atoms with Gasteiger partial charge in [-0.3, -0.25) is 14.9 Å². The summed E-state index contributed by atoms with van der Waals surface area (Å²) in [5, 5.41) is 0. The van der Waals surface area contributed by atoms with Crippen LogP contribution in [-0.4, -0.2) is 28.0 Å². The van der Waals surface area contributed by atoms with E-state index in [1.807, 2.05) is 6.20 Å². The van der Waals surface area contributed by atoms with Gasteiger partial charge in [-0.2, -0.15) is 0 Å². The van der Waals surface area contributed by atoms with E-state index in [1.165, 1.54) is 31.5 Å². The summed E-state index contributed by atoms with van der Waals surface area (Å²) in [6, 6.07) is 11.2. The van der Waals surface area contributed by atoms with E-state index in [-0.39, 0.29) is 0 Å². The average molecular weight is 253 g/mol. The molecular formula is C16H19N3. The van der Waals surface area contributed by atoms with Gasteiger partial charge in [0, 0.05) is 31.1 Å². The van der Waals surface area contributed by atoms with Crippen molar-refractivity contribution >= 4 is 0 Å². The predicted octanol–water partition coefficient (Wildman–Crippen LogP) is 2.86. The van der Waals surface area contributed by atoms with Crippen molar-refractivity contribution in [1.82, 2.24) is 14.9 Å². The summed E-state index contributed by atoms with van der Waals surface area (Å²) in [7, 11) is 0. The molecule has 1 aromatic heterocycles. The highest BCUT2D eigenvalue weighted by molar-refractivity contribution is 5.21. The van der Waals surface area contributed by atoms with Gasteiger partial charge in [-0.05, 0) is 31.5 Å². The third-order valence-corrected chi connectivity index (χ3v) is 3.78. The molecule has 2 aromatic rings. The maximum atomic E-state index is 4.43. The molecule has 2 heterocycles. The maximum absolute atomic E-state index is 4.43. The number of hydrogen-bond donors (Lipinski definition) is 0. The molecule has 1 fully saturated rings. The molecule has 19 heavy (non-hydrogen) atoms. The molecule has 1 aliphatic heterocycles. The number of likely N-dealkylation sites (tertiary alicyclic amines) is 1. The van der Waals surface area contributed by atoms with Crippen molar-refractivity contribution in [3.63, 3.8) is 0 Å². The topological polar surface area (TPSA) is 29.0 Å². The van der Waals surface area contributed by atoms with E-state index < -0.39 is 0 Å². The van der Waals surface area contributed by atoms with E-state index in [4.69, 9.17) is 0 Å². The molecular weight excluding hydrogens is 234 g/mol. The van der Waals surface area contributed by atoms with Gasteiger partial charge in [-0.25, -0.2) is 0 Å². The number of aromatic nitrogens is 2. The first-order chi connectivity index (χ1) is 9.43. The Labute approximate surface area is 114 Å². The summed E-state index contributed by atoms with van der Waals surface area (Å²) >= 11 is 0. The van der Waals surface area contributed by atoms with E-state index >= 15 is 0 Å². The van der Waals surface area contributed by atoms with Crippen molar-refractivity contribution < 1.29 is 0 Å². The van der Waals surface area contributed by atoms with Crippen LogP contribution in [0.5, 0.6) is 0 Å². The standard InChI is InChI=1S/C16H19N3/c1-2-6-14(7-3-1)16(19-10-4-5-11-19)12-15-13-17-8-9-18-15/h1-3,6-9,13,16H,4-5,10-12H2. The lowest BCUT2D eigenvalue weighted by Gasteiger charge is -2.27. The summed E-state index contributed by atoms with van der Waals surface area (Å²) in [6.45, 7) is 2.39. The SMILES string of the molecule is c1ccc(C(Cc2cnccn2)N2CCCC2)cc1. The fraction of sp³-hybridized carbons (Fsp3) is 0.375. The molecule has 1 aliphatic rings. The molecule has 1 aromatic carbocycles. The lowest BCUT2D eigenvalue weighted by Crippen LogP contribution is -2.27. The van der Waals surface area contributed by atoms with E-state index in [9.17, 15) is 0 Å². The zero-order valence-corrected chi connectivity index (χ0v) is 11.1. The predicted molar refractivity (Wildman–Crippen MR) is 75.7 cm³/mol. The summed E-state index contributed by atoms with van der Waals surface area (Å²) < 4.78 is 0. The Balaban J connectivity index is 1.84. The molecule has 0 radical (unpaired) electrons. The minimum atomic E-state index is 0.431. The van der Waals surface area contributed by atoms with Gasteiger partial charge in [0.05, 0.1) is 5.69 Å². The van der Waals surface area contributed by atoms with Gasteiger partial charge in [-0.15, -0.1) is 0 Å². The Hall–Kier alpha value is -1.74. The van der Waals surface area contributed by atoms with Crippen molar-refractivity contribution in [2.75, 3.05) is 13.1 Å². The minimum absolute atomic E-state index is 0.431. The summed E-state index contributed by atoms with van der Waals surface area (Å²) in [5.74, 6) is 0. The molecule has 3 nitrogen and oxygen atoms in total. The molecule has 0 amide bonds. The molecule has 3 rings (SSSR count). The lowest BCUT2D eigenvalue weighted by atomic mass is 10.0. The van der Waals surface area contributed by atoms with E-state index in [0.717, 1.165) is 12.1 Å². The molecule has 0 saturated carbocycles. The Morgan fingerprint density at radius 2 is 1.84 bits per heavy atom. The van der Waals surface area contributed by atoms with Crippen LogP contribution < -0.4 is 0 Å². The van der Waals surface area contributed by atoms with Crippen LogP contribution in [0.4, 0.5) is 0 Å². The molecule has 98 valence electrons. The van der Waals surface area contributed by atoms with Crippen LogP contribution in [0.3, 0.4) is 0 Å². The second-order valence-corrected chi connectivity index (χ2v) is 5.07. The summed E-state index contributed by atoms with van der Waals surface area (Å²) in [4.78, 5) is 11.2. The van der Waals surface area contributed by atoms with Gasteiger partial charge in [-0.1, -0.05) is 30.3 Å². The average Bonchev–Trinajstić information content (AvgIpc) is 3.01. The molecule has 0 spiro atoms. The first-order valence-corrected chi connectivity index (χ1v) is 6.97. The lowest BCUT2D eigenvalue weighted by molar-refractivity contribution is 0.242. The Morgan fingerprint density at radius 3 is 2.53 bits per heavy atom. The number of benzene rings is 1. The van der Waals surface area contributed by atoms with Crippen LogP contribution in [0, 0.1) is 0 Å². The highest BCUT2D eigenvalue weighted by Crippen LogP contribution is 2.27. The van der Waals surface area contributed by atoms with E-state index in [1.54, 1.807) is 12.4 Å². The largest absolute Gasteiger partial charge is 0.296 e. The van der Waals surface area contributed by atoms with E-state index in [0.29, 0.717) is 6.04 Å². The number of hydrogen-bond acceptors (Lipinski definition) is 3. The number of rotatable bonds is 4. The maximum Gasteiger partial charge on any atom is 0.0605 e. The summed E-state index contributed by atoms with van der Waals surface area (Å²) in [5.41, 5.74) is 2.46. The third kappa shape index (κ3) is 2.99. The highest BCUT2D eigenvalue weighted by Gasteiger charge is 2.23. The summed E-state index contributed by atoms with van der Waals surface area (Å²) in [6.07, 6.45) is 8.95. The van der Waals surface area contributed by atoms with Crippen molar-refractivity contribution in [1.29, 1.82) is 0 Å². The van der Waals surface area contributed by atoms with Crippen LogP contribution in [-0.2, 0) is 6.42 Å². The smallest absolute Gasteiger partial charge is 0.0605 e. The van der Waals surface area contributed by atoms with Crippen molar-refractivity contribution in [2.45, 2.75) is 25.3 Å². The molecule has 0 aliphatic carbocycles. The molecule has 3 heteroatoms. The molecule has 1 atom stereocenters. The fourth-order valence-corrected chi connectivity index (χ4v) is 2.82. The van der Waals surface area contributed by atoms with Crippen molar-refractivity contribution in [3.05, 3.63) is 60.2 Å². The van der Waals surface area contributed by atoms with Crippen molar-refractivity contribution in [2.24, 2.45) is 0 Å². The van der Waals surface area contributed by atoms with Crippen LogP contribution in [0.25, 0.3) is 0 Å². The Morgan fingerprint density at radius 1 is 1.05 bits per heavy atom. The first-order valence-electron chi connectivity index (χ1n) is 6.97. The van der Waals surface area contributed by atoms with Crippen LogP contribution >= 0.6 is 0 Å². The van der Waals surface area contributed by atoms with Gasteiger partial charge in [0.25, 0.3) is 0 Å².